The molecule has 198 valence electrons. The summed E-state index contributed by atoms with van der Waals surface area (Å²) in [5.74, 6) is 0.980. The first kappa shape index (κ1) is 27.7. The van der Waals surface area contributed by atoms with Crippen LogP contribution in [0.2, 0.25) is 0 Å². The van der Waals surface area contributed by atoms with Crippen LogP contribution in [-0.4, -0.2) is 78.7 Å². The molecule has 3 heterocycles. The van der Waals surface area contributed by atoms with Gasteiger partial charge in [0.1, 0.15) is 11.5 Å². The van der Waals surface area contributed by atoms with Gasteiger partial charge in [-0.1, -0.05) is 12.7 Å². The maximum Gasteiger partial charge on any atom is 0.240 e. The highest BCUT2D eigenvalue weighted by Gasteiger charge is 2.18. The Bertz CT molecular complexity index is 1200. The molecule has 2 aromatic heterocycles. The number of likely N-dealkylation sites (N-methyl/N-ethyl adjacent to an activating group) is 3. The van der Waals surface area contributed by atoms with E-state index >= 15 is 0 Å². The van der Waals surface area contributed by atoms with Crippen LogP contribution in [0.4, 0.5) is 27.5 Å². The summed E-state index contributed by atoms with van der Waals surface area (Å²) < 4.78 is 20.2. The normalized spacial score (nSPS) is 16.5. The fraction of sp³-hybridized carbons (Fsp3) is 0.370. The van der Waals surface area contributed by atoms with E-state index in [4.69, 9.17) is 15.5 Å². The maximum atomic E-state index is 14.2. The first-order valence-electron chi connectivity index (χ1n) is 12.1. The number of pyridine rings is 1. The number of nitrogens with two attached hydrogens (primary N) is 1. The van der Waals surface area contributed by atoms with E-state index in [1.807, 2.05) is 58.0 Å². The van der Waals surface area contributed by atoms with Crippen molar-refractivity contribution in [3.63, 3.8) is 0 Å². The second-order valence-electron chi connectivity index (χ2n) is 9.48. The SMILES string of the molecule is C=C1/C=C(F)\C=C/CN(C)C=C1c1ccnc(Nc2cc(N)c(N(C)CCN(C)C)nc2OC(C)C)n1. The van der Waals surface area contributed by atoms with E-state index in [1.54, 1.807) is 24.4 Å². The lowest BCUT2D eigenvalue weighted by atomic mass is 10.0. The zero-order valence-electron chi connectivity index (χ0n) is 22.5. The Labute approximate surface area is 218 Å². The molecule has 1 aliphatic heterocycles. The third-order valence-corrected chi connectivity index (χ3v) is 5.44. The molecule has 9 nitrogen and oxygen atoms in total. The van der Waals surface area contributed by atoms with Crippen LogP contribution in [0, 0.1) is 0 Å². The van der Waals surface area contributed by atoms with Crippen molar-refractivity contribution in [2.75, 3.05) is 63.8 Å². The lowest BCUT2D eigenvalue weighted by molar-refractivity contribution is 0.234. The van der Waals surface area contributed by atoms with Crippen LogP contribution < -0.4 is 20.7 Å². The van der Waals surface area contributed by atoms with E-state index in [1.165, 1.54) is 12.2 Å². The summed E-state index contributed by atoms with van der Waals surface area (Å²) in [5.41, 5.74) is 9.21. The van der Waals surface area contributed by atoms with Crippen LogP contribution >= 0.6 is 0 Å². The van der Waals surface area contributed by atoms with Gasteiger partial charge in [0.15, 0.2) is 5.82 Å². The van der Waals surface area contributed by atoms with Crippen molar-refractivity contribution in [1.29, 1.82) is 0 Å². The van der Waals surface area contributed by atoms with E-state index in [0.717, 1.165) is 13.1 Å². The molecular formula is C27H37FN8O. The predicted octanol–water partition coefficient (Wildman–Crippen LogP) is 4.23. The van der Waals surface area contributed by atoms with Crippen LogP contribution in [0.25, 0.3) is 5.57 Å². The number of aromatic nitrogens is 3. The van der Waals surface area contributed by atoms with Crippen LogP contribution in [0.15, 0.2) is 60.7 Å². The number of nitrogens with one attached hydrogen (secondary N) is 1. The largest absolute Gasteiger partial charge is 0.473 e. The molecule has 0 unspecified atom stereocenters. The van der Waals surface area contributed by atoms with Gasteiger partial charge in [-0.2, -0.15) is 4.98 Å². The van der Waals surface area contributed by atoms with E-state index in [-0.39, 0.29) is 11.9 Å². The molecule has 0 radical (unpaired) electrons. The van der Waals surface area contributed by atoms with Crippen molar-refractivity contribution in [1.82, 2.24) is 24.8 Å². The molecule has 0 aromatic carbocycles. The Balaban J connectivity index is 1.95. The Morgan fingerprint density at radius 1 is 1.24 bits per heavy atom. The highest BCUT2D eigenvalue weighted by atomic mass is 19.1. The molecule has 0 bridgehead atoms. The van der Waals surface area contributed by atoms with Crippen molar-refractivity contribution >= 4 is 28.7 Å². The van der Waals surface area contributed by atoms with Gasteiger partial charge in [0.2, 0.25) is 11.8 Å². The molecule has 0 aliphatic carbocycles. The third kappa shape index (κ3) is 7.78. The molecule has 3 rings (SSSR count). The number of nitrogens with zero attached hydrogens (tertiary/aromatic N) is 6. The summed E-state index contributed by atoms with van der Waals surface area (Å²) in [4.78, 5) is 19.8. The molecule has 0 atom stereocenters. The van der Waals surface area contributed by atoms with Gasteiger partial charge in [0, 0.05) is 51.7 Å². The summed E-state index contributed by atoms with van der Waals surface area (Å²) in [5, 5.41) is 3.20. The maximum absolute atomic E-state index is 14.2. The number of anilines is 4. The average molecular weight is 509 g/mol. The molecule has 3 N–H and O–H groups in total. The smallest absolute Gasteiger partial charge is 0.240 e. The molecule has 0 amide bonds. The third-order valence-electron chi connectivity index (χ3n) is 5.44. The quantitative estimate of drug-likeness (QED) is 0.516. The minimum Gasteiger partial charge on any atom is -0.473 e. The van der Waals surface area contributed by atoms with Gasteiger partial charge >= 0.3 is 0 Å². The molecule has 0 fully saturated rings. The Hall–Kier alpha value is -3.92. The summed E-state index contributed by atoms with van der Waals surface area (Å²) in [6.07, 6.45) is 7.98. The number of nitrogen functional groups attached to an aromatic ring is 1. The molecule has 37 heavy (non-hydrogen) atoms. The lowest BCUT2D eigenvalue weighted by Gasteiger charge is -2.24. The lowest BCUT2D eigenvalue weighted by Crippen LogP contribution is -2.29. The van der Waals surface area contributed by atoms with Gasteiger partial charge in [-0.3, -0.25) is 0 Å². The van der Waals surface area contributed by atoms with Gasteiger partial charge in [-0.25, -0.2) is 14.4 Å². The number of hydrogen-bond donors (Lipinski definition) is 2. The number of ether oxygens (including phenoxy) is 1. The number of hydrogen-bond acceptors (Lipinski definition) is 9. The van der Waals surface area contributed by atoms with Gasteiger partial charge in [0.25, 0.3) is 0 Å². The van der Waals surface area contributed by atoms with E-state index < -0.39 is 0 Å². The minimum absolute atomic E-state index is 0.109. The summed E-state index contributed by atoms with van der Waals surface area (Å²) >= 11 is 0. The Morgan fingerprint density at radius 3 is 2.70 bits per heavy atom. The highest BCUT2D eigenvalue weighted by Crippen LogP contribution is 2.34. The van der Waals surface area contributed by atoms with Gasteiger partial charge < -0.3 is 30.5 Å². The van der Waals surface area contributed by atoms with Crippen LogP contribution in [-0.2, 0) is 0 Å². The molecule has 2 aromatic rings. The molecule has 0 saturated carbocycles. The van der Waals surface area contributed by atoms with Gasteiger partial charge in [0.05, 0.1) is 17.5 Å². The molecular weight excluding hydrogens is 471 g/mol. The van der Waals surface area contributed by atoms with Crippen molar-refractivity contribution < 1.29 is 9.13 Å². The van der Waals surface area contributed by atoms with Crippen LogP contribution in [0.3, 0.4) is 0 Å². The summed E-state index contributed by atoms with van der Waals surface area (Å²) in [7, 11) is 7.89. The standard InChI is InChI=1S/C27H37FN8O/c1-18(2)37-26-24(16-22(29)25(33-26)36(7)14-13-34(4)5)32-27-30-11-10-23(31-27)21-17-35(6)12-8-9-20(28)15-19(21)3/h8-11,15-18H,3,12-14,29H2,1-2,4-7H3,(H,30,31,32)/b9-8-,20-15+,21-17?. The fourth-order valence-electron chi connectivity index (χ4n) is 3.57. The minimum atomic E-state index is -0.369. The van der Waals surface area contributed by atoms with Crippen molar-refractivity contribution in [3.05, 3.63) is 66.4 Å². The first-order chi connectivity index (χ1) is 17.5. The Morgan fingerprint density at radius 2 is 2.00 bits per heavy atom. The van der Waals surface area contributed by atoms with Gasteiger partial charge in [-0.15, -0.1) is 0 Å². The first-order valence-corrected chi connectivity index (χ1v) is 12.1. The molecule has 1 aliphatic rings. The van der Waals surface area contributed by atoms with Crippen molar-refractivity contribution in [2.24, 2.45) is 0 Å². The number of allylic oxidation sites excluding steroid dienone is 5. The van der Waals surface area contributed by atoms with Crippen molar-refractivity contribution in [3.8, 4) is 5.88 Å². The topological polar surface area (TPSA) is 95.7 Å². The second-order valence-corrected chi connectivity index (χ2v) is 9.48. The molecule has 10 heteroatoms. The fourth-order valence-corrected chi connectivity index (χ4v) is 3.57. The average Bonchev–Trinajstić information content (AvgIpc) is 2.88. The second kappa shape index (κ2) is 12.4. The molecule has 0 saturated heterocycles. The summed E-state index contributed by atoms with van der Waals surface area (Å²) in [6.45, 7) is 10.1. The monoisotopic (exact) mass is 508 g/mol. The van der Waals surface area contributed by atoms with E-state index in [0.29, 0.717) is 52.4 Å². The van der Waals surface area contributed by atoms with Crippen LogP contribution in [0.5, 0.6) is 5.88 Å². The van der Waals surface area contributed by atoms with Crippen molar-refractivity contribution in [2.45, 2.75) is 20.0 Å². The molecule has 0 spiro atoms. The van der Waals surface area contributed by atoms with E-state index in [2.05, 4.69) is 26.8 Å². The Kier molecular flexibility index (Phi) is 9.24. The number of halogens is 1. The zero-order valence-corrected chi connectivity index (χ0v) is 22.5. The predicted molar refractivity (Wildman–Crippen MR) is 150 cm³/mol. The van der Waals surface area contributed by atoms with E-state index in [9.17, 15) is 4.39 Å². The zero-order chi connectivity index (χ0) is 27.1. The van der Waals surface area contributed by atoms with Gasteiger partial charge in [-0.05, 0) is 57.8 Å². The highest BCUT2D eigenvalue weighted by molar-refractivity contribution is 5.80. The van der Waals surface area contributed by atoms with Crippen LogP contribution in [0.1, 0.15) is 19.5 Å². The number of rotatable bonds is 9. The summed E-state index contributed by atoms with van der Waals surface area (Å²) in [6, 6.07) is 3.53.